The van der Waals surface area contributed by atoms with Gasteiger partial charge in [0.1, 0.15) is 12.4 Å². The van der Waals surface area contributed by atoms with Crippen LogP contribution in [0.1, 0.15) is 63.0 Å². The number of aryl methyl sites for hydroxylation is 1. The molecule has 1 aromatic heterocycles. The Kier molecular flexibility index (Phi) is 4.95. The molecule has 2 aliphatic rings. The predicted molar refractivity (Wildman–Crippen MR) is 87.7 cm³/mol. The summed E-state index contributed by atoms with van der Waals surface area (Å²) in [5.41, 5.74) is 0. The average Bonchev–Trinajstić information content (AvgIpc) is 3.24. The van der Waals surface area contributed by atoms with Crippen LogP contribution in [0.25, 0.3) is 0 Å². The van der Waals surface area contributed by atoms with Gasteiger partial charge in [0.25, 0.3) is 0 Å². The summed E-state index contributed by atoms with van der Waals surface area (Å²) in [6.45, 7) is 2.54. The molecule has 0 bridgehead atoms. The summed E-state index contributed by atoms with van der Waals surface area (Å²) in [6.07, 6.45) is 10.4. The third-order valence-electron chi connectivity index (χ3n) is 4.95. The van der Waals surface area contributed by atoms with Crippen molar-refractivity contribution in [2.45, 2.75) is 76.9 Å². The SMILES string of the molecule is Cc1nnc(CN=C(NC2CCCC2)NC2CCCC2)n1C. The normalized spacial score (nSPS) is 19.5. The number of rotatable bonds is 4. The van der Waals surface area contributed by atoms with E-state index in [1.807, 2.05) is 18.5 Å². The zero-order chi connectivity index (χ0) is 15.4. The number of nitrogens with zero attached hydrogens (tertiary/aromatic N) is 4. The number of aliphatic imine (C=N–C) groups is 1. The number of hydrogen-bond acceptors (Lipinski definition) is 3. The van der Waals surface area contributed by atoms with Crippen molar-refractivity contribution in [2.24, 2.45) is 12.0 Å². The second-order valence-corrected chi connectivity index (χ2v) is 6.64. The van der Waals surface area contributed by atoms with Crippen molar-refractivity contribution in [3.63, 3.8) is 0 Å². The van der Waals surface area contributed by atoms with E-state index >= 15 is 0 Å². The van der Waals surface area contributed by atoms with Gasteiger partial charge in [-0.25, -0.2) is 4.99 Å². The second kappa shape index (κ2) is 7.11. The summed E-state index contributed by atoms with van der Waals surface area (Å²) in [4.78, 5) is 4.77. The van der Waals surface area contributed by atoms with E-state index in [-0.39, 0.29) is 0 Å². The van der Waals surface area contributed by atoms with Crippen molar-refractivity contribution in [1.29, 1.82) is 0 Å². The maximum absolute atomic E-state index is 4.77. The summed E-state index contributed by atoms with van der Waals surface area (Å²) < 4.78 is 2.01. The van der Waals surface area contributed by atoms with E-state index in [1.165, 1.54) is 51.4 Å². The van der Waals surface area contributed by atoms with Gasteiger partial charge < -0.3 is 15.2 Å². The zero-order valence-corrected chi connectivity index (χ0v) is 13.8. The Bertz CT molecular complexity index is 489. The van der Waals surface area contributed by atoms with Crippen LogP contribution < -0.4 is 10.6 Å². The first kappa shape index (κ1) is 15.3. The van der Waals surface area contributed by atoms with Gasteiger partial charge in [0, 0.05) is 19.1 Å². The van der Waals surface area contributed by atoms with Crippen LogP contribution in [0.5, 0.6) is 0 Å². The van der Waals surface area contributed by atoms with Gasteiger partial charge in [-0.1, -0.05) is 25.7 Å². The Labute approximate surface area is 132 Å². The lowest BCUT2D eigenvalue weighted by atomic mass is 10.2. The van der Waals surface area contributed by atoms with Crippen molar-refractivity contribution in [3.05, 3.63) is 11.6 Å². The molecule has 1 aromatic rings. The molecule has 0 atom stereocenters. The number of hydrogen-bond donors (Lipinski definition) is 2. The van der Waals surface area contributed by atoms with Crippen LogP contribution in [0.2, 0.25) is 0 Å². The van der Waals surface area contributed by atoms with Gasteiger partial charge in [-0.2, -0.15) is 0 Å². The minimum Gasteiger partial charge on any atom is -0.354 e. The topological polar surface area (TPSA) is 67.1 Å². The van der Waals surface area contributed by atoms with Crippen molar-refractivity contribution in [2.75, 3.05) is 0 Å². The van der Waals surface area contributed by atoms with Gasteiger partial charge in [-0.05, 0) is 32.6 Å². The number of nitrogens with one attached hydrogen (secondary N) is 2. The average molecular weight is 304 g/mol. The Morgan fingerprint density at radius 2 is 1.59 bits per heavy atom. The fourth-order valence-electron chi connectivity index (χ4n) is 3.40. The van der Waals surface area contributed by atoms with Crippen LogP contribution in [0.4, 0.5) is 0 Å². The molecule has 22 heavy (non-hydrogen) atoms. The summed E-state index contributed by atoms with van der Waals surface area (Å²) in [7, 11) is 1.99. The van der Waals surface area contributed by atoms with E-state index in [0.29, 0.717) is 18.6 Å². The molecule has 2 N–H and O–H groups in total. The minimum absolute atomic E-state index is 0.576. The highest BCUT2D eigenvalue weighted by Crippen LogP contribution is 2.19. The molecule has 6 nitrogen and oxygen atoms in total. The Balaban J connectivity index is 1.65. The fraction of sp³-hybridized carbons (Fsp3) is 0.812. The van der Waals surface area contributed by atoms with Gasteiger partial charge >= 0.3 is 0 Å². The third-order valence-corrected chi connectivity index (χ3v) is 4.95. The van der Waals surface area contributed by atoms with Crippen molar-refractivity contribution < 1.29 is 0 Å². The van der Waals surface area contributed by atoms with Crippen molar-refractivity contribution in [3.8, 4) is 0 Å². The molecule has 2 fully saturated rings. The number of guanidine groups is 1. The summed E-state index contributed by atoms with van der Waals surface area (Å²) >= 11 is 0. The fourth-order valence-corrected chi connectivity index (χ4v) is 3.40. The van der Waals surface area contributed by atoms with E-state index in [2.05, 4.69) is 20.8 Å². The Morgan fingerprint density at radius 1 is 1.05 bits per heavy atom. The molecule has 0 unspecified atom stereocenters. The summed E-state index contributed by atoms with van der Waals surface area (Å²) in [5, 5.41) is 15.5. The van der Waals surface area contributed by atoms with E-state index in [4.69, 9.17) is 4.99 Å². The van der Waals surface area contributed by atoms with Crippen molar-refractivity contribution >= 4 is 5.96 Å². The van der Waals surface area contributed by atoms with Crippen molar-refractivity contribution in [1.82, 2.24) is 25.4 Å². The Hall–Kier alpha value is -1.59. The summed E-state index contributed by atoms with van der Waals surface area (Å²) in [5.74, 6) is 2.80. The smallest absolute Gasteiger partial charge is 0.192 e. The quantitative estimate of drug-likeness (QED) is 0.660. The lowest BCUT2D eigenvalue weighted by molar-refractivity contribution is 0.570. The van der Waals surface area contributed by atoms with Crippen LogP contribution in [0.3, 0.4) is 0 Å². The zero-order valence-electron chi connectivity index (χ0n) is 13.8. The van der Waals surface area contributed by atoms with E-state index in [1.54, 1.807) is 0 Å². The molecule has 2 aliphatic carbocycles. The molecular formula is C16H28N6. The van der Waals surface area contributed by atoms with Crippen LogP contribution in [0, 0.1) is 6.92 Å². The van der Waals surface area contributed by atoms with E-state index < -0.39 is 0 Å². The molecule has 1 heterocycles. The van der Waals surface area contributed by atoms with E-state index in [0.717, 1.165) is 17.6 Å². The van der Waals surface area contributed by atoms with Crippen LogP contribution >= 0.6 is 0 Å². The van der Waals surface area contributed by atoms with Gasteiger partial charge in [0.15, 0.2) is 11.8 Å². The van der Waals surface area contributed by atoms with Crippen LogP contribution in [0.15, 0.2) is 4.99 Å². The molecule has 0 saturated heterocycles. The maximum Gasteiger partial charge on any atom is 0.192 e. The van der Waals surface area contributed by atoms with Gasteiger partial charge in [0.05, 0.1) is 0 Å². The lowest BCUT2D eigenvalue weighted by Gasteiger charge is -2.20. The van der Waals surface area contributed by atoms with Crippen LogP contribution in [-0.2, 0) is 13.6 Å². The molecule has 0 amide bonds. The van der Waals surface area contributed by atoms with Gasteiger partial charge in [-0.3, -0.25) is 0 Å². The molecule has 0 radical (unpaired) electrons. The highest BCUT2D eigenvalue weighted by atomic mass is 15.3. The molecular weight excluding hydrogens is 276 g/mol. The Morgan fingerprint density at radius 3 is 2.05 bits per heavy atom. The molecule has 6 heteroatoms. The first-order valence-corrected chi connectivity index (χ1v) is 8.65. The molecule has 0 aromatic carbocycles. The standard InChI is InChI=1S/C16H28N6/c1-12-20-21-15(22(12)2)11-17-16(18-13-7-3-4-8-13)19-14-9-5-6-10-14/h13-14H,3-11H2,1-2H3,(H2,17,18,19). The highest BCUT2D eigenvalue weighted by molar-refractivity contribution is 5.80. The highest BCUT2D eigenvalue weighted by Gasteiger charge is 2.20. The molecule has 2 saturated carbocycles. The first-order valence-electron chi connectivity index (χ1n) is 8.65. The molecule has 122 valence electrons. The molecule has 3 rings (SSSR count). The number of aromatic nitrogens is 3. The predicted octanol–water partition coefficient (Wildman–Crippen LogP) is 2.04. The second-order valence-electron chi connectivity index (χ2n) is 6.64. The van der Waals surface area contributed by atoms with Gasteiger partial charge in [0.2, 0.25) is 0 Å². The third kappa shape index (κ3) is 3.78. The van der Waals surface area contributed by atoms with Crippen LogP contribution in [-0.4, -0.2) is 32.8 Å². The van der Waals surface area contributed by atoms with Gasteiger partial charge in [-0.15, -0.1) is 10.2 Å². The maximum atomic E-state index is 4.77. The first-order chi connectivity index (χ1) is 10.7. The monoisotopic (exact) mass is 304 g/mol. The molecule has 0 aliphatic heterocycles. The minimum atomic E-state index is 0.576. The largest absolute Gasteiger partial charge is 0.354 e. The van der Waals surface area contributed by atoms with E-state index in [9.17, 15) is 0 Å². The lowest BCUT2D eigenvalue weighted by Crippen LogP contribution is -2.46. The summed E-state index contributed by atoms with van der Waals surface area (Å²) in [6, 6.07) is 1.16. The molecule has 0 spiro atoms.